The van der Waals surface area contributed by atoms with E-state index in [-0.39, 0.29) is 12.3 Å². The van der Waals surface area contributed by atoms with Crippen LogP contribution in [-0.4, -0.2) is 73.5 Å². The average molecular weight is 439 g/mol. The standard InChI is InChI=1S/C22H34N2O5S/c1-16-13-17(2)19(18(3)14-16)15-20(25)24(29-11-12-30-6)22(21(26)27-4)7-9-23(28-5)10-8-22/h13-14H,7-12,15H2,1-6H3. The van der Waals surface area contributed by atoms with Gasteiger partial charge >= 0.3 is 5.97 Å². The molecule has 1 saturated heterocycles. The number of hydrogen-bond donors (Lipinski definition) is 0. The minimum absolute atomic E-state index is 0.171. The van der Waals surface area contributed by atoms with Crippen molar-refractivity contribution in [3.63, 3.8) is 0 Å². The minimum Gasteiger partial charge on any atom is -0.467 e. The van der Waals surface area contributed by atoms with Crippen LogP contribution in [0.1, 0.15) is 35.1 Å². The van der Waals surface area contributed by atoms with Crippen molar-refractivity contribution in [1.29, 1.82) is 0 Å². The molecule has 0 radical (unpaired) electrons. The lowest BCUT2D eigenvalue weighted by atomic mass is 9.86. The molecule has 0 unspecified atom stereocenters. The fourth-order valence-electron chi connectivity index (χ4n) is 4.08. The van der Waals surface area contributed by atoms with Gasteiger partial charge in [0.05, 0.1) is 27.2 Å². The molecular formula is C22H34N2O5S. The maximum Gasteiger partial charge on any atom is 0.334 e. The van der Waals surface area contributed by atoms with Crippen LogP contribution in [0.2, 0.25) is 0 Å². The van der Waals surface area contributed by atoms with Gasteiger partial charge in [-0.2, -0.15) is 16.8 Å². The van der Waals surface area contributed by atoms with Crippen LogP contribution in [0.25, 0.3) is 0 Å². The molecule has 0 aliphatic carbocycles. The Morgan fingerprint density at radius 1 is 1.13 bits per heavy atom. The van der Waals surface area contributed by atoms with Crippen molar-refractivity contribution in [3.8, 4) is 0 Å². The number of piperidine rings is 1. The molecule has 30 heavy (non-hydrogen) atoms. The molecule has 0 N–H and O–H groups in total. The highest BCUT2D eigenvalue weighted by Crippen LogP contribution is 2.32. The van der Waals surface area contributed by atoms with Crippen LogP contribution >= 0.6 is 11.8 Å². The van der Waals surface area contributed by atoms with E-state index >= 15 is 0 Å². The van der Waals surface area contributed by atoms with Gasteiger partial charge in [0, 0.05) is 18.8 Å². The van der Waals surface area contributed by atoms with E-state index < -0.39 is 11.5 Å². The van der Waals surface area contributed by atoms with Crippen molar-refractivity contribution >= 4 is 23.6 Å². The van der Waals surface area contributed by atoms with E-state index in [9.17, 15) is 9.59 Å². The molecule has 1 aliphatic heterocycles. The summed E-state index contributed by atoms with van der Waals surface area (Å²) in [4.78, 5) is 37.7. The zero-order valence-corrected chi connectivity index (χ0v) is 19.8. The van der Waals surface area contributed by atoms with Gasteiger partial charge in [0.15, 0.2) is 5.54 Å². The van der Waals surface area contributed by atoms with Crippen LogP contribution in [0.3, 0.4) is 0 Å². The van der Waals surface area contributed by atoms with Gasteiger partial charge in [-0.3, -0.25) is 9.63 Å². The van der Waals surface area contributed by atoms with Crippen molar-refractivity contribution in [2.75, 3.05) is 45.9 Å². The first kappa shape index (κ1) is 24.7. The summed E-state index contributed by atoms with van der Waals surface area (Å²) in [5, 5.41) is 3.08. The lowest BCUT2D eigenvalue weighted by Crippen LogP contribution is -2.62. The summed E-state index contributed by atoms with van der Waals surface area (Å²) < 4.78 is 5.14. The number of esters is 1. The molecule has 0 atom stereocenters. The molecule has 7 nitrogen and oxygen atoms in total. The molecule has 168 valence electrons. The number of aryl methyl sites for hydroxylation is 3. The van der Waals surface area contributed by atoms with Gasteiger partial charge in [-0.15, -0.1) is 0 Å². The van der Waals surface area contributed by atoms with Gasteiger partial charge in [-0.25, -0.2) is 9.86 Å². The quantitative estimate of drug-likeness (QED) is 0.334. The van der Waals surface area contributed by atoms with Crippen LogP contribution < -0.4 is 0 Å². The highest BCUT2D eigenvalue weighted by atomic mass is 32.2. The monoisotopic (exact) mass is 438 g/mol. The van der Waals surface area contributed by atoms with Crippen molar-refractivity contribution in [2.24, 2.45) is 0 Å². The number of carbonyl (C=O) groups is 2. The van der Waals surface area contributed by atoms with Gasteiger partial charge in [0.2, 0.25) is 0 Å². The average Bonchev–Trinajstić information content (AvgIpc) is 2.73. The van der Waals surface area contributed by atoms with Crippen LogP contribution in [0, 0.1) is 20.8 Å². The summed E-state index contributed by atoms with van der Waals surface area (Å²) in [5.41, 5.74) is 3.09. The summed E-state index contributed by atoms with van der Waals surface area (Å²) in [6.45, 7) is 7.40. The summed E-state index contributed by atoms with van der Waals surface area (Å²) in [6, 6.07) is 4.14. The molecule has 0 saturated carbocycles. The fourth-order valence-corrected chi connectivity index (χ4v) is 4.32. The third-order valence-electron chi connectivity index (χ3n) is 5.66. The van der Waals surface area contributed by atoms with E-state index in [0.29, 0.717) is 38.3 Å². The second-order valence-electron chi connectivity index (χ2n) is 7.70. The normalized spacial score (nSPS) is 16.3. The number of methoxy groups -OCH3 is 1. The first-order valence-electron chi connectivity index (χ1n) is 10.2. The fraction of sp³-hybridized carbons (Fsp3) is 0.636. The molecule has 1 aliphatic rings. The third-order valence-corrected chi connectivity index (χ3v) is 6.24. The van der Waals surface area contributed by atoms with Gasteiger partial charge in [-0.05, 0) is 56.6 Å². The van der Waals surface area contributed by atoms with Crippen molar-refractivity contribution in [1.82, 2.24) is 10.1 Å². The highest BCUT2D eigenvalue weighted by Gasteiger charge is 2.51. The number of nitrogens with zero attached hydrogens (tertiary/aromatic N) is 2. The predicted octanol–water partition coefficient (Wildman–Crippen LogP) is 2.85. The maximum atomic E-state index is 13.5. The highest BCUT2D eigenvalue weighted by molar-refractivity contribution is 7.98. The predicted molar refractivity (Wildman–Crippen MR) is 118 cm³/mol. The Bertz CT molecular complexity index is 724. The maximum absolute atomic E-state index is 13.5. The number of carbonyl (C=O) groups excluding carboxylic acids is 2. The van der Waals surface area contributed by atoms with Crippen LogP contribution in [0.4, 0.5) is 0 Å². The van der Waals surface area contributed by atoms with Gasteiger partial charge in [0.25, 0.3) is 5.91 Å². The lowest BCUT2D eigenvalue weighted by Gasteiger charge is -2.44. The smallest absolute Gasteiger partial charge is 0.334 e. The Morgan fingerprint density at radius 2 is 1.73 bits per heavy atom. The van der Waals surface area contributed by atoms with E-state index in [2.05, 4.69) is 12.1 Å². The van der Waals surface area contributed by atoms with Crippen LogP contribution in [0.5, 0.6) is 0 Å². The Hall–Kier alpha value is -1.61. The van der Waals surface area contributed by atoms with Gasteiger partial charge in [0.1, 0.15) is 0 Å². The Balaban J connectivity index is 2.37. The number of rotatable bonds is 9. The minimum atomic E-state index is -1.16. The lowest BCUT2D eigenvalue weighted by molar-refractivity contribution is -0.246. The zero-order valence-electron chi connectivity index (χ0n) is 18.9. The summed E-state index contributed by atoms with van der Waals surface area (Å²) in [7, 11) is 2.96. The topological polar surface area (TPSA) is 68.3 Å². The summed E-state index contributed by atoms with van der Waals surface area (Å²) >= 11 is 1.62. The molecule has 0 bridgehead atoms. The van der Waals surface area contributed by atoms with Crippen LogP contribution in [0.15, 0.2) is 12.1 Å². The first-order chi connectivity index (χ1) is 14.3. The molecule has 8 heteroatoms. The van der Waals surface area contributed by atoms with Crippen molar-refractivity contribution in [2.45, 2.75) is 45.6 Å². The second kappa shape index (κ2) is 11.1. The van der Waals surface area contributed by atoms with Crippen molar-refractivity contribution < 1.29 is 24.0 Å². The first-order valence-corrected chi connectivity index (χ1v) is 11.6. The molecule has 1 aromatic carbocycles. The summed E-state index contributed by atoms with van der Waals surface area (Å²) in [6.07, 6.45) is 2.90. The van der Waals surface area contributed by atoms with E-state index in [1.165, 1.54) is 12.2 Å². The number of hydroxylamine groups is 4. The van der Waals surface area contributed by atoms with E-state index in [1.807, 2.05) is 27.0 Å². The Kier molecular flexibility index (Phi) is 9.15. The number of benzene rings is 1. The van der Waals surface area contributed by atoms with Gasteiger partial charge in [-0.1, -0.05) is 17.7 Å². The second-order valence-corrected chi connectivity index (χ2v) is 8.69. The molecule has 2 rings (SSSR count). The molecule has 1 fully saturated rings. The van der Waals surface area contributed by atoms with Crippen molar-refractivity contribution in [3.05, 3.63) is 34.4 Å². The molecular weight excluding hydrogens is 404 g/mol. The number of hydrogen-bond acceptors (Lipinski definition) is 7. The molecule has 1 heterocycles. The Labute approximate surface area is 183 Å². The number of thioether (sulfide) groups is 1. The molecule has 1 aromatic rings. The molecule has 0 spiro atoms. The van der Waals surface area contributed by atoms with E-state index in [1.54, 1.807) is 23.9 Å². The van der Waals surface area contributed by atoms with Gasteiger partial charge < -0.3 is 9.57 Å². The number of ether oxygens (including phenoxy) is 1. The SMILES string of the molecule is COC(=O)C1(N(OCCSC)C(=O)Cc2c(C)cc(C)cc2C)CCN(OC)CC1. The van der Waals surface area contributed by atoms with E-state index in [0.717, 1.165) is 22.3 Å². The van der Waals surface area contributed by atoms with Crippen LogP contribution in [-0.2, 0) is 30.4 Å². The third kappa shape index (κ3) is 5.55. The van der Waals surface area contributed by atoms with E-state index in [4.69, 9.17) is 14.4 Å². The Morgan fingerprint density at radius 3 is 2.23 bits per heavy atom. The molecule has 1 amide bonds. The largest absolute Gasteiger partial charge is 0.467 e. The summed E-state index contributed by atoms with van der Waals surface area (Å²) in [5.74, 6) is 0.0314. The number of amides is 1. The zero-order chi connectivity index (χ0) is 22.3. The molecule has 0 aromatic heterocycles.